The Hall–Kier alpha value is -1.40. The first-order valence-corrected chi connectivity index (χ1v) is 6.01. The predicted octanol–water partition coefficient (Wildman–Crippen LogP) is 2.44. The first-order chi connectivity index (χ1) is 8.97. The van der Waals surface area contributed by atoms with Crippen LogP contribution in [0.15, 0.2) is 18.2 Å². The summed E-state index contributed by atoms with van der Waals surface area (Å²) in [4.78, 5) is 11.9. The smallest absolute Gasteiger partial charge is 0.387 e. The Labute approximate surface area is 114 Å². The van der Waals surface area contributed by atoms with Crippen molar-refractivity contribution in [3.8, 4) is 5.75 Å². The van der Waals surface area contributed by atoms with Crippen molar-refractivity contribution in [2.24, 2.45) is 0 Å². The Morgan fingerprint density at radius 1 is 1.53 bits per heavy atom. The van der Waals surface area contributed by atoms with Crippen LogP contribution in [0.3, 0.4) is 0 Å². The third-order valence-electron chi connectivity index (χ3n) is 2.45. The monoisotopic (exact) mass is 293 g/mol. The first-order valence-electron chi connectivity index (χ1n) is 5.64. The lowest BCUT2D eigenvalue weighted by Crippen LogP contribution is -2.37. The van der Waals surface area contributed by atoms with Crippen LogP contribution in [0.5, 0.6) is 5.75 Å². The van der Waals surface area contributed by atoms with E-state index in [0.29, 0.717) is 6.42 Å². The number of rotatable bonds is 6. The normalized spacial score (nSPS) is 12.3. The summed E-state index contributed by atoms with van der Waals surface area (Å²) in [6.45, 7) is -1.50. The largest absolute Gasteiger partial charge is 0.434 e. The van der Waals surface area contributed by atoms with E-state index in [1.165, 1.54) is 18.2 Å². The zero-order valence-corrected chi connectivity index (χ0v) is 11.0. The second-order valence-electron chi connectivity index (χ2n) is 3.78. The van der Waals surface area contributed by atoms with Crippen LogP contribution in [0.2, 0.25) is 5.02 Å². The summed E-state index contributed by atoms with van der Waals surface area (Å²) >= 11 is 5.73. The van der Waals surface area contributed by atoms with Gasteiger partial charge in [0.25, 0.3) is 5.91 Å². The molecule has 0 radical (unpaired) electrons. The maximum Gasteiger partial charge on any atom is 0.387 e. The zero-order valence-electron chi connectivity index (χ0n) is 10.2. The highest BCUT2D eigenvalue weighted by Crippen LogP contribution is 2.24. The molecule has 0 spiro atoms. The lowest BCUT2D eigenvalue weighted by atomic mass is 10.1. The van der Waals surface area contributed by atoms with Gasteiger partial charge in [-0.1, -0.05) is 18.5 Å². The summed E-state index contributed by atoms with van der Waals surface area (Å²) in [5, 5.41) is 11.7. The topological polar surface area (TPSA) is 58.6 Å². The van der Waals surface area contributed by atoms with Crippen molar-refractivity contribution in [2.45, 2.75) is 26.0 Å². The molecule has 0 aliphatic rings. The Kier molecular flexibility index (Phi) is 5.98. The molecule has 0 heterocycles. The maximum atomic E-state index is 12.2. The summed E-state index contributed by atoms with van der Waals surface area (Å²) in [5.74, 6) is -0.885. The number of carbonyl (C=O) groups excluding carboxylic acids is 1. The van der Waals surface area contributed by atoms with Crippen LogP contribution in [-0.2, 0) is 0 Å². The van der Waals surface area contributed by atoms with Crippen molar-refractivity contribution in [3.05, 3.63) is 28.8 Å². The molecular weight excluding hydrogens is 280 g/mol. The number of hydrogen-bond donors (Lipinski definition) is 2. The molecular formula is C12H14ClF2NO3. The number of aliphatic hydroxyl groups is 1. The van der Waals surface area contributed by atoms with E-state index in [0.717, 1.165) is 0 Å². The fourth-order valence-electron chi connectivity index (χ4n) is 1.42. The third-order valence-corrected chi connectivity index (χ3v) is 2.69. The molecule has 1 aromatic rings. The van der Waals surface area contributed by atoms with E-state index in [-0.39, 0.29) is 22.9 Å². The SMILES string of the molecule is CCC(CO)NC(=O)c1cc(Cl)ccc1OC(F)F. The molecule has 106 valence electrons. The van der Waals surface area contributed by atoms with Gasteiger partial charge in [-0.2, -0.15) is 8.78 Å². The van der Waals surface area contributed by atoms with Gasteiger partial charge in [0.2, 0.25) is 0 Å². The zero-order chi connectivity index (χ0) is 14.4. The molecule has 0 bridgehead atoms. The van der Waals surface area contributed by atoms with Gasteiger partial charge >= 0.3 is 6.61 Å². The molecule has 2 N–H and O–H groups in total. The second kappa shape index (κ2) is 7.25. The van der Waals surface area contributed by atoms with Gasteiger partial charge in [0.15, 0.2) is 0 Å². The molecule has 1 amide bonds. The quantitative estimate of drug-likeness (QED) is 0.847. The summed E-state index contributed by atoms with van der Waals surface area (Å²) in [7, 11) is 0. The van der Waals surface area contributed by atoms with E-state index >= 15 is 0 Å². The summed E-state index contributed by atoms with van der Waals surface area (Å²) in [6, 6.07) is 3.33. The number of halogens is 3. The summed E-state index contributed by atoms with van der Waals surface area (Å²) in [5.41, 5.74) is -0.0975. The van der Waals surface area contributed by atoms with Crippen LogP contribution in [0, 0.1) is 0 Å². The first kappa shape index (κ1) is 15.7. The van der Waals surface area contributed by atoms with Crippen LogP contribution < -0.4 is 10.1 Å². The number of ether oxygens (including phenoxy) is 1. The molecule has 1 unspecified atom stereocenters. The van der Waals surface area contributed by atoms with Crippen LogP contribution in [0.1, 0.15) is 23.7 Å². The molecule has 1 atom stereocenters. The molecule has 0 saturated heterocycles. The highest BCUT2D eigenvalue weighted by atomic mass is 35.5. The fraction of sp³-hybridized carbons (Fsp3) is 0.417. The highest BCUT2D eigenvalue weighted by molar-refractivity contribution is 6.31. The molecule has 0 fully saturated rings. The van der Waals surface area contributed by atoms with Crippen LogP contribution in [-0.4, -0.2) is 30.3 Å². The number of nitrogens with one attached hydrogen (secondary N) is 1. The summed E-state index contributed by atoms with van der Waals surface area (Å²) < 4.78 is 28.7. The molecule has 19 heavy (non-hydrogen) atoms. The summed E-state index contributed by atoms with van der Waals surface area (Å²) in [6.07, 6.45) is 0.508. The van der Waals surface area contributed by atoms with E-state index in [9.17, 15) is 13.6 Å². The van der Waals surface area contributed by atoms with Gasteiger partial charge in [-0.15, -0.1) is 0 Å². The second-order valence-corrected chi connectivity index (χ2v) is 4.22. The molecule has 4 nitrogen and oxygen atoms in total. The Morgan fingerprint density at radius 3 is 2.74 bits per heavy atom. The van der Waals surface area contributed by atoms with Gasteiger partial charge < -0.3 is 15.2 Å². The molecule has 1 aromatic carbocycles. The molecule has 0 saturated carbocycles. The number of carbonyl (C=O) groups is 1. The van der Waals surface area contributed by atoms with Crippen molar-refractivity contribution < 1.29 is 23.4 Å². The lowest BCUT2D eigenvalue weighted by Gasteiger charge is -2.16. The molecule has 0 aliphatic heterocycles. The number of benzene rings is 1. The minimum atomic E-state index is -3.03. The number of alkyl halides is 2. The van der Waals surface area contributed by atoms with Gasteiger partial charge in [-0.05, 0) is 24.6 Å². The number of amides is 1. The van der Waals surface area contributed by atoms with E-state index < -0.39 is 18.6 Å². The van der Waals surface area contributed by atoms with E-state index in [1.807, 2.05) is 0 Å². The van der Waals surface area contributed by atoms with E-state index in [4.69, 9.17) is 16.7 Å². The average Bonchev–Trinajstić information content (AvgIpc) is 2.37. The Bertz CT molecular complexity index is 439. The minimum Gasteiger partial charge on any atom is -0.434 e. The van der Waals surface area contributed by atoms with Crippen molar-refractivity contribution >= 4 is 17.5 Å². The standard InChI is InChI=1S/C12H14ClF2NO3/c1-2-8(6-17)16-11(18)9-5-7(13)3-4-10(9)19-12(14)15/h3-5,8,12,17H,2,6H2,1H3,(H,16,18). The maximum absolute atomic E-state index is 12.2. The van der Waals surface area contributed by atoms with E-state index in [1.54, 1.807) is 6.92 Å². The van der Waals surface area contributed by atoms with Gasteiger partial charge in [0.05, 0.1) is 18.2 Å². The average molecular weight is 294 g/mol. The minimum absolute atomic E-state index is 0.0975. The molecule has 0 aromatic heterocycles. The van der Waals surface area contributed by atoms with Gasteiger partial charge in [0.1, 0.15) is 5.75 Å². The highest BCUT2D eigenvalue weighted by Gasteiger charge is 2.18. The predicted molar refractivity (Wildman–Crippen MR) is 66.7 cm³/mol. The lowest BCUT2D eigenvalue weighted by molar-refractivity contribution is -0.0501. The van der Waals surface area contributed by atoms with Gasteiger partial charge in [-0.3, -0.25) is 4.79 Å². The van der Waals surface area contributed by atoms with Crippen molar-refractivity contribution in [1.29, 1.82) is 0 Å². The fourth-order valence-corrected chi connectivity index (χ4v) is 1.59. The van der Waals surface area contributed by atoms with Gasteiger partial charge in [-0.25, -0.2) is 0 Å². The van der Waals surface area contributed by atoms with Crippen molar-refractivity contribution in [2.75, 3.05) is 6.61 Å². The van der Waals surface area contributed by atoms with Crippen LogP contribution in [0.25, 0.3) is 0 Å². The molecule has 0 aliphatic carbocycles. The van der Waals surface area contributed by atoms with Crippen LogP contribution in [0.4, 0.5) is 8.78 Å². The Morgan fingerprint density at radius 2 is 2.21 bits per heavy atom. The van der Waals surface area contributed by atoms with E-state index in [2.05, 4.69) is 10.1 Å². The third kappa shape index (κ3) is 4.65. The number of aliphatic hydroxyl groups excluding tert-OH is 1. The molecule has 7 heteroatoms. The molecule has 1 rings (SSSR count). The number of hydrogen-bond acceptors (Lipinski definition) is 3. The van der Waals surface area contributed by atoms with Crippen LogP contribution >= 0.6 is 11.6 Å². The van der Waals surface area contributed by atoms with Gasteiger partial charge in [0, 0.05) is 5.02 Å². The van der Waals surface area contributed by atoms with Crippen molar-refractivity contribution in [3.63, 3.8) is 0 Å². The Balaban J connectivity index is 2.96. The van der Waals surface area contributed by atoms with Crippen molar-refractivity contribution in [1.82, 2.24) is 5.32 Å².